The van der Waals surface area contributed by atoms with Gasteiger partial charge in [-0.15, -0.1) is 0 Å². The van der Waals surface area contributed by atoms with Gasteiger partial charge in [0.1, 0.15) is 0 Å². The van der Waals surface area contributed by atoms with Gasteiger partial charge in [0.2, 0.25) is 5.91 Å². The van der Waals surface area contributed by atoms with Crippen LogP contribution in [-0.4, -0.2) is 83.7 Å². The number of carbonyl (C=O) groups excluding carboxylic acids is 1. The van der Waals surface area contributed by atoms with Crippen molar-refractivity contribution in [1.82, 2.24) is 14.7 Å². The van der Waals surface area contributed by atoms with Crippen LogP contribution < -0.4 is 0 Å². The molecule has 2 saturated heterocycles. The minimum atomic E-state index is -4.62. The highest BCUT2D eigenvalue weighted by atomic mass is 19.4. The zero-order valence-corrected chi connectivity index (χ0v) is 15.4. The predicted octanol–water partition coefficient (Wildman–Crippen LogP) is 1.53. The van der Waals surface area contributed by atoms with E-state index in [0.29, 0.717) is 13.1 Å². The molecule has 1 aromatic carbocycles. The third-order valence-corrected chi connectivity index (χ3v) is 5.48. The normalized spacial score (nSPS) is 24.5. The summed E-state index contributed by atoms with van der Waals surface area (Å²) < 4.78 is 39.2. The van der Waals surface area contributed by atoms with Gasteiger partial charge < -0.3 is 10.0 Å². The third-order valence-electron chi connectivity index (χ3n) is 5.48. The van der Waals surface area contributed by atoms with Crippen molar-refractivity contribution in [2.45, 2.75) is 12.7 Å². The van der Waals surface area contributed by atoms with Crippen LogP contribution in [0.5, 0.6) is 0 Å². The van der Waals surface area contributed by atoms with Crippen molar-refractivity contribution in [2.24, 2.45) is 11.8 Å². The van der Waals surface area contributed by atoms with Crippen molar-refractivity contribution in [3.8, 4) is 0 Å². The lowest BCUT2D eigenvalue weighted by Gasteiger charge is -2.35. The maximum absolute atomic E-state index is 13.1. The molecule has 6 nitrogen and oxygen atoms in total. The number of benzene rings is 1. The molecule has 3 rings (SSSR count). The molecule has 9 heteroatoms. The average Bonchev–Trinajstić information content (AvgIpc) is 3.11. The highest BCUT2D eigenvalue weighted by molar-refractivity contribution is 5.80. The van der Waals surface area contributed by atoms with E-state index in [0.717, 1.165) is 24.5 Å². The fourth-order valence-electron chi connectivity index (χ4n) is 3.83. The Labute approximate surface area is 161 Å². The number of hydrogen-bond donors (Lipinski definition) is 1. The minimum absolute atomic E-state index is 0.0239. The van der Waals surface area contributed by atoms with Gasteiger partial charge in [-0.1, -0.05) is 30.3 Å². The number of aliphatic carboxylic acids is 1. The van der Waals surface area contributed by atoms with Gasteiger partial charge in [-0.3, -0.25) is 19.4 Å². The number of alkyl halides is 3. The first-order chi connectivity index (χ1) is 13.2. The average molecular weight is 399 g/mol. The number of halogens is 3. The maximum Gasteiger partial charge on any atom is 0.394 e. The molecule has 0 radical (unpaired) electrons. The summed E-state index contributed by atoms with van der Waals surface area (Å²) in [5.41, 5.74) is 1.21. The number of nitrogens with zero attached hydrogens (tertiary/aromatic N) is 3. The first kappa shape index (κ1) is 20.6. The first-order valence-corrected chi connectivity index (χ1v) is 9.30. The van der Waals surface area contributed by atoms with Crippen molar-refractivity contribution in [3.05, 3.63) is 35.9 Å². The molecule has 2 heterocycles. The molecule has 1 aromatic rings. The van der Waals surface area contributed by atoms with E-state index in [2.05, 4.69) is 17.0 Å². The standard InChI is InChI=1S/C19H24F3N3O3/c20-19(21,22)16-12-25(11-15(16)18(27)28)17(26)13-24-8-6-23(7-9-24)10-14-4-2-1-3-5-14/h1-5,15-16H,6-13H2,(H,27,28)/t15-,16-/m1/s1. The van der Waals surface area contributed by atoms with Crippen molar-refractivity contribution < 1.29 is 27.9 Å². The van der Waals surface area contributed by atoms with Crippen molar-refractivity contribution >= 4 is 11.9 Å². The molecular formula is C19H24F3N3O3. The van der Waals surface area contributed by atoms with Crippen molar-refractivity contribution in [3.63, 3.8) is 0 Å². The number of carboxylic acids is 1. The second kappa shape index (κ2) is 8.48. The summed E-state index contributed by atoms with van der Waals surface area (Å²) in [5.74, 6) is -5.54. The largest absolute Gasteiger partial charge is 0.481 e. The number of rotatable bonds is 5. The second-order valence-corrected chi connectivity index (χ2v) is 7.43. The summed E-state index contributed by atoms with van der Waals surface area (Å²) in [7, 11) is 0. The lowest BCUT2D eigenvalue weighted by molar-refractivity contribution is -0.188. The highest BCUT2D eigenvalue weighted by Gasteiger charge is 2.53. The highest BCUT2D eigenvalue weighted by Crippen LogP contribution is 2.37. The topological polar surface area (TPSA) is 64.1 Å². The lowest BCUT2D eigenvalue weighted by atomic mass is 9.96. The van der Waals surface area contributed by atoms with Crippen LogP contribution in [0.25, 0.3) is 0 Å². The zero-order valence-electron chi connectivity index (χ0n) is 15.4. The number of carbonyl (C=O) groups is 2. The van der Waals surface area contributed by atoms with Crippen LogP contribution in [0.4, 0.5) is 13.2 Å². The molecule has 154 valence electrons. The predicted molar refractivity (Wildman–Crippen MR) is 95.4 cm³/mol. The smallest absolute Gasteiger partial charge is 0.394 e. The molecule has 1 N–H and O–H groups in total. The Hall–Kier alpha value is -2.13. The number of amides is 1. The number of piperazine rings is 1. The van der Waals surface area contributed by atoms with Crippen molar-refractivity contribution in [1.29, 1.82) is 0 Å². The van der Waals surface area contributed by atoms with E-state index in [-0.39, 0.29) is 13.1 Å². The zero-order chi connectivity index (χ0) is 20.3. The van der Waals surface area contributed by atoms with Crippen LogP contribution in [0.1, 0.15) is 5.56 Å². The number of likely N-dealkylation sites (tertiary alicyclic amines) is 1. The third kappa shape index (κ3) is 5.02. The Balaban J connectivity index is 1.49. The molecule has 0 bridgehead atoms. The fraction of sp³-hybridized carbons (Fsp3) is 0.579. The van der Waals surface area contributed by atoms with Gasteiger partial charge in [-0.25, -0.2) is 0 Å². The number of carboxylic acid groups (broad SMARTS) is 1. The van der Waals surface area contributed by atoms with Gasteiger partial charge in [0.25, 0.3) is 0 Å². The molecule has 0 spiro atoms. The Morgan fingerprint density at radius 1 is 1.00 bits per heavy atom. The van der Waals surface area contributed by atoms with E-state index in [1.54, 1.807) is 0 Å². The molecule has 0 aromatic heterocycles. The first-order valence-electron chi connectivity index (χ1n) is 9.30. The van der Waals surface area contributed by atoms with E-state index < -0.39 is 36.4 Å². The summed E-state index contributed by atoms with van der Waals surface area (Å²) in [6, 6.07) is 10.0. The van der Waals surface area contributed by atoms with Crippen LogP contribution in [0.2, 0.25) is 0 Å². The van der Waals surface area contributed by atoms with E-state index >= 15 is 0 Å². The summed E-state index contributed by atoms with van der Waals surface area (Å²) in [6.07, 6.45) is -4.62. The molecule has 28 heavy (non-hydrogen) atoms. The van der Waals surface area contributed by atoms with Crippen LogP contribution in [0.3, 0.4) is 0 Å². The summed E-state index contributed by atoms with van der Waals surface area (Å²) >= 11 is 0. The molecule has 0 aliphatic carbocycles. The van der Waals surface area contributed by atoms with Gasteiger partial charge in [0.15, 0.2) is 0 Å². The van der Waals surface area contributed by atoms with E-state index in [1.807, 2.05) is 23.1 Å². The molecule has 2 aliphatic heterocycles. The quantitative estimate of drug-likeness (QED) is 0.814. The Morgan fingerprint density at radius 3 is 2.14 bits per heavy atom. The lowest BCUT2D eigenvalue weighted by Crippen LogP contribution is -2.49. The molecule has 1 amide bonds. The van der Waals surface area contributed by atoms with Gasteiger partial charge in [-0.05, 0) is 5.56 Å². The minimum Gasteiger partial charge on any atom is -0.481 e. The molecule has 0 unspecified atom stereocenters. The van der Waals surface area contributed by atoms with Crippen molar-refractivity contribution in [2.75, 3.05) is 45.8 Å². The molecule has 2 fully saturated rings. The maximum atomic E-state index is 13.1. The van der Waals surface area contributed by atoms with E-state index in [9.17, 15) is 22.8 Å². The van der Waals surface area contributed by atoms with Crippen LogP contribution >= 0.6 is 0 Å². The summed E-state index contributed by atoms with van der Waals surface area (Å²) in [6.45, 7) is 2.73. The van der Waals surface area contributed by atoms with E-state index in [4.69, 9.17) is 5.11 Å². The monoisotopic (exact) mass is 399 g/mol. The van der Waals surface area contributed by atoms with Crippen LogP contribution in [0.15, 0.2) is 30.3 Å². The van der Waals surface area contributed by atoms with Gasteiger partial charge in [0, 0.05) is 45.8 Å². The Bertz CT molecular complexity index is 691. The number of hydrogen-bond acceptors (Lipinski definition) is 4. The summed E-state index contributed by atoms with van der Waals surface area (Å²) in [5, 5.41) is 9.06. The molecule has 0 saturated carbocycles. The fourth-order valence-corrected chi connectivity index (χ4v) is 3.83. The Morgan fingerprint density at radius 2 is 1.61 bits per heavy atom. The van der Waals surface area contributed by atoms with Crippen LogP contribution in [0, 0.1) is 11.8 Å². The van der Waals surface area contributed by atoms with Gasteiger partial charge in [0.05, 0.1) is 18.4 Å². The molecular weight excluding hydrogens is 375 g/mol. The van der Waals surface area contributed by atoms with Gasteiger partial charge >= 0.3 is 12.1 Å². The Kier molecular flexibility index (Phi) is 6.24. The van der Waals surface area contributed by atoms with Gasteiger partial charge in [-0.2, -0.15) is 13.2 Å². The van der Waals surface area contributed by atoms with Crippen LogP contribution in [-0.2, 0) is 16.1 Å². The SMILES string of the molecule is O=C(O)[C@@H]1CN(C(=O)CN2CCN(Cc3ccccc3)CC2)C[C@H]1C(F)(F)F. The van der Waals surface area contributed by atoms with E-state index in [1.165, 1.54) is 5.56 Å². The second-order valence-electron chi connectivity index (χ2n) is 7.43. The molecule has 2 atom stereocenters. The molecule has 2 aliphatic rings. The summed E-state index contributed by atoms with van der Waals surface area (Å²) in [4.78, 5) is 28.8.